The summed E-state index contributed by atoms with van der Waals surface area (Å²) in [4.78, 5) is 25.0. The quantitative estimate of drug-likeness (QED) is 0.841. The Labute approximate surface area is 118 Å². The molecule has 0 atom stereocenters. The molecule has 0 spiro atoms. The van der Waals surface area contributed by atoms with Gasteiger partial charge in [-0.1, -0.05) is 0 Å². The highest BCUT2D eigenvalue weighted by Gasteiger charge is 2.33. The number of hydrogen-bond acceptors (Lipinski definition) is 4. The molecule has 0 aromatic carbocycles. The van der Waals surface area contributed by atoms with Crippen molar-refractivity contribution in [2.24, 2.45) is 0 Å². The van der Waals surface area contributed by atoms with Crippen LogP contribution in [0.1, 0.15) is 10.6 Å². The SMILES string of the molecule is CN(CC(=O)N(CCO)CC(F)(F)F)C(=O)c1ccco1. The Kier molecular flexibility index (Phi) is 5.77. The molecule has 118 valence electrons. The summed E-state index contributed by atoms with van der Waals surface area (Å²) in [6.45, 7) is -3.08. The Hall–Kier alpha value is -2.03. The molecule has 1 aromatic heterocycles. The fourth-order valence-corrected chi connectivity index (χ4v) is 1.59. The molecule has 0 aliphatic rings. The second-order valence-corrected chi connectivity index (χ2v) is 4.29. The zero-order valence-corrected chi connectivity index (χ0v) is 11.3. The van der Waals surface area contributed by atoms with Gasteiger partial charge in [0.2, 0.25) is 5.91 Å². The van der Waals surface area contributed by atoms with Crippen molar-refractivity contribution in [1.29, 1.82) is 0 Å². The highest BCUT2D eigenvalue weighted by atomic mass is 19.4. The van der Waals surface area contributed by atoms with E-state index in [-0.39, 0.29) is 5.76 Å². The lowest BCUT2D eigenvalue weighted by Gasteiger charge is -2.25. The third-order valence-electron chi connectivity index (χ3n) is 2.54. The molecule has 21 heavy (non-hydrogen) atoms. The van der Waals surface area contributed by atoms with Crippen molar-refractivity contribution in [3.63, 3.8) is 0 Å². The summed E-state index contributed by atoms with van der Waals surface area (Å²) in [5.74, 6) is -1.55. The summed E-state index contributed by atoms with van der Waals surface area (Å²) < 4.78 is 41.9. The zero-order valence-electron chi connectivity index (χ0n) is 11.3. The minimum Gasteiger partial charge on any atom is -0.459 e. The first-order chi connectivity index (χ1) is 9.74. The van der Waals surface area contributed by atoms with E-state index in [0.717, 1.165) is 4.90 Å². The molecule has 0 aliphatic carbocycles. The van der Waals surface area contributed by atoms with E-state index in [0.29, 0.717) is 4.90 Å². The van der Waals surface area contributed by atoms with E-state index in [1.54, 1.807) is 0 Å². The fraction of sp³-hybridized carbons (Fsp3) is 0.500. The first-order valence-corrected chi connectivity index (χ1v) is 5.99. The number of hydrogen-bond donors (Lipinski definition) is 1. The number of amides is 2. The van der Waals surface area contributed by atoms with Gasteiger partial charge in [-0.25, -0.2) is 0 Å². The molecule has 0 unspecified atom stereocenters. The minimum absolute atomic E-state index is 0.0187. The topological polar surface area (TPSA) is 74.0 Å². The van der Waals surface area contributed by atoms with E-state index in [9.17, 15) is 22.8 Å². The van der Waals surface area contributed by atoms with Crippen molar-refractivity contribution in [1.82, 2.24) is 9.80 Å². The van der Waals surface area contributed by atoms with Gasteiger partial charge < -0.3 is 19.3 Å². The molecule has 0 saturated carbocycles. The number of furan rings is 1. The number of likely N-dealkylation sites (N-methyl/N-ethyl adjacent to an activating group) is 1. The van der Waals surface area contributed by atoms with Gasteiger partial charge in [0.05, 0.1) is 19.4 Å². The van der Waals surface area contributed by atoms with Gasteiger partial charge in [0, 0.05) is 13.6 Å². The largest absolute Gasteiger partial charge is 0.459 e. The van der Waals surface area contributed by atoms with Crippen molar-refractivity contribution < 1.29 is 32.3 Å². The smallest absolute Gasteiger partial charge is 0.406 e. The molecule has 0 saturated heterocycles. The van der Waals surface area contributed by atoms with Gasteiger partial charge in [-0.3, -0.25) is 9.59 Å². The van der Waals surface area contributed by atoms with Crippen LogP contribution < -0.4 is 0 Å². The predicted molar refractivity (Wildman–Crippen MR) is 65.4 cm³/mol. The van der Waals surface area contributed by atoms with Crippen molar-refractivity contribution in [3.8, 4) is 0 Å². The van der Waals surface area contributed by atoms with Gasteiger partial charge in [0.15, 0.2) is 5.76 Å². The van der Waals surface area contributed by atoms with Crippen LogP contribution in [-0.2, 0) is 4.79 Å². The Bertz CT molecular complexity index is 473. The highest BCUT2D eigenvalue weighted by molar-refractivity contribution is 5.94. The second kappa shape index (κ2) is 7.11. The molecule has 1 heterocycles. The lowest BCUT2D eigenvalue weighted by molar-refractivity contribution is -0.162. The standard InChI is InChI=1S/C12H15F3N2O4/c1-16(11(20)9-3-2-6-21-9)7-10(19)17(4-5-18)8-12(13,14)15/h2-3,6,18H,4-5,7-8H2,1H3. The number of carbonyl (C=O) groups excluding carboxylic acids is 2. The van der Waals surface area contributed by atoms with E-state index in [1.807, 2.05) is 0 Å². The Morgan fingerprint density at radius 2 is 2.05 bits per heavy atom. The zero-order chi connectivity index (χ0) is 16.0. The lowest BCUT2D eigenvalue weighted by atomic mass is 10.3. The van der Waals surface area contributed by atoms with Crippen LogP contribution in [0, 0.1) is 0 Å². The summed E-state index contributed by atoms with van der Waals surface area (Å²) >= 11 is 0. The maximum atomic E-state index is 12.3. The number of halogens is 3. The summed E-state index contributed by atoms with van der Waals surface area (Å²) in [6.07, 6.45) is -3.31. The maximum Gasteiger partial charge on any atom is 0.406 e. The van der Waals surface area contributed by atoms with Crippen molar-refractivity contribution in [3.05, 3.63) is 24.2 Å². The third kappa shape index (κ3) is 5.46. The Morgan fingerprint density at radius 1 is 1.38 bits per heavy atom. The van der Waals surface area contributed by atoms with Crippen LogP contribution in [0.4, 0.5) is 13.2 Å². The first kappa shape index (κ1) is 17.0. The van der Waals surface area contributed by atoms with Gasteiger partial charge in [0.25, 0.3) is 5.91 Å². The van der Waals surface area contributed by atoms with Crippen LogP contribution in [0.25, 0.3) is 0 Å². The van der Waals surface area contributed by atoms with E-state index in [1.165, 1.54) is 25.4 Å². The van der Waals surface area contributed by atoms with Gasteiger partial charge in [-0.05, 0) is 12.1 Å². The number of alkyl halides is 3. The van der Waals surface area contributed by atoms with E-state index < -0.39 is 44.2 Å². The Morgan fingerprint density at radius 3 is 2.52 bits per heavy atom. The number of aliphatic hydroxyl groups is 1. The summed E-state index contributed by atoms with van der Waals surface area (Å²) in [7, 11) is 1.27. The molecule has 0 aliphatic heterocycles. The molecule has 1 rings (SSSR count). The fourth-order valence-electron chi connectivity index (χ4n) is 1.59. The molecule has 6 nitrogen and oxygen atoms in total. The lowest BCUT2D eigenvalue weighted by Crippen LogP contribution is -2.46. The monoisotopic (exact) mass is 308 g/mol. The second-order valence-electron chi connectivity index (χ2n) is 4.29. The van der Waals surface area contributed by atoms with E-state index in [2.05, 4.69) is 0 Å². The van der Waals surface area contributed by atoms with E-state index >= 15 is 0 Å². The van der Waals surface area contributed by atoms with Gasteiger partial charge in [0.1, 0.15) is 6.54 Å². The van der Waals surface area contributed by atoms with Crippen molar-refractivity contribution in [2.75, 3.05) is 33.3 Å². The van der Waals surface area contributed by atoms with Crippen molar-refractivity contribution >= 4 is 11.8 Å². The maximum absolute atomic E-state index is 12.3. The molecular weight excluding hydrogens is 293 g/mol. The van der Waals surface area contributed by atoms with E-state index in [4.69, 9.17) is 9.52 Å². The number of rotatable bonds is 6. The van der Waals surface area contributed by atoms with Crippen LogP contribution in [0.15, 0.2) is 22.8 Å². The van der Waals surface area contributed by atoms with Crippen LogP contribution in [0.3, 0.4) is 0 Å². The van der Waals surface area contributed by atoms with Gasteiger partial charge in [-0.2, -0.15) is 13.2 Å². The van der Waals surface area contributed by atoms with Crippen LogP contribution >= 0.6 is 0 Å². The number of carbonyl (C=O) groups is 2. The highest BCUT2D eigenvalue weighted by Crippen LogP contribution is 2.16. The number of nitrogens with zero attached hydrogens (tertiary/aromatic N) is 2. The molecule has 0 bridgehead atoms. The molecule has 2 amide bonds. The van der Waals surface area contributed by atoms with Gasteiger partial charge in [-0.15, -0.1) is 0 Å². The van der Waals surface area contributed by atoms with Crippen LogP contribution in [0.2, 0.25) is 0 Å². The van der Waals surface area contributed by atoms with Crippen molar-refractivity contribution in [2.45, 2.75) is 6.18 Å². The summed E-state index contributed by atoms with van der Waals surface area (Å²) in [5.41, 5.74) is 0. The molecule has 0 radical (unpaired) electrons. The van der Waals surface area contributed by atoms with Crippen LogP contribution in [0.5, 0.6) is 0 Å². The molecule has 1 N–H and O–H groups in total. The predicted octanol–water partition coefficient (Wildman–Crippen LogP) is 0.735. The molecule has 9 heteroatoms. The molecule has 0 fully saturated rings. The Balaban J connectivity index is 2.65. The number of aliphatic hydroxyl groups excluding tert-OH is 1. The summed E-state index contributed by atoms with van der Waals surface area (Å²) in [5, 5.41) is 8.72. The third-order valence-corrected chi connectivity index (χ3v) is 2.54. The van der Waals surface area contributed by atoms with Gasteiger partial charge >= 0.3 is 6.18 Å². The minimum atomic E-state index is -4.57. The normalized spacial score (nSPS) is 11.3. The average Bonchev–Trinajstić information content (AvgIpc) is 2.89. The average molecular weight is 308 g/mol. The molecule has 1 aromatic rings. The van der Waals surface area contributed by atoms with Crippen LogP contribution in [-0.4, -0.2) is 66.2 Å². The first-order valence-electron chi connectivity index (χ1n) is 5.99. The molecular formula is C12H15F3N2O4. The summed E-state index contributed by atoms with van der Waals surface area (Å²) in [6, 6.07) is 2.86.